The van der Waals surface area contributed by atoms with E-state index in [1.807, 2.05) is 0 Å². The second-order valence-corrected chi connectivity index (χ2v) is 4.48. The van der Waals surface area contributed by atoms with Gasteiger partial charge >= 0.3 is 0 Å². The summed E-state index contributed by atoms with van der Waals surface area (Å²) in [7, 11) is 0. The number of aryl methyl sites for hydroxylation is 1. The summed E-state index contributed by atoms with van der Waals surface area (Å²) in [6.45, 7) is 1.78. The van der Waals surface area contributed by atoms with E-state index >= 15 is 0 Å². The van der Waals surface area contributed by atoms with Crippen LogP contribution in [0.3, 0.4) is 0 Å². The summed E-state index contributed by atoms with van der Waals surface area (Å²) in [6.07, 6.45) is 0. The number of carbonyl (C=O) groups excluding carboxylic acids is 1. The second-order valence-electron chi connectivity index (χ2n) is 4.04. The van der Waals surface area contributed by atoms with Crippen LogP contribution < -0.4 is 5.32 Å². The van der Waals surface area contributed by atoms with Crippen molar-refractivity contribution in [2.75, 3.05) is 5.32 Å². The maximum absolute atomic E-state index is 13.0. The van der Waals surface area contributed by atoms with Crippen molar-refractivity contribution in [3.05, 3.63) is 64.2 Å². The van der Waals surface area contributed by atoms with Crippen LogP contribution in [0.2, 0.25) is 5.02 Å². The summed E-state index contributed by atoms with van der Waals surface area (Å²) < 4.78 is 25.8. The largest absolute Gasteiger partial charge is 0.322 e. The average Bonchev–Trinajstić information content (AvgIpc) is 2.36. The predicted molar refractivity (Wildman–Crippen MR) is 70.5 cm³/mol. The third kappa shape index (κ3) is 3.09. The lowest BCUT2D eigenvalue weighted by Crippen LogP contribution is -2.13. The Hall–Kier alpha value is -1.94. The Kier molecular flexibility index (Phi) is 3.81. The van der Waals surface area contributed by atoms with E-state index < -0.39 is 17.5 Å². The molecule has 0 aliphatic heterocycles. The first-order chi connectivity index (χ1) is 8.97. The molecule has 0 saturated heterocycles. The van der Waals surface area contributed by atoms with E-state index in [1.165, 1.54) is 6.07 Å². The van der Waals surface area contributed by atoms with Gasteiger partial charge in [-0.2, -0.15) is 0 Å². The molecule has 2 nitrogen and oxygen atoms in total. The number of rotatable bonds is 2. The highest BCUT2D eigenvalue weighted by molar-refractivity contribution is 6.30. The van der Waals surface area contributed by atoms with Crippen molar-refractivity contribution in [3.8, 4) is 0 Å². The summed E-state index contributed by atoms with van der Waals surface area (Å²) in [5.41, 5.74) is 1.40. The molecule has 0 aliphatic rings. The third-order valence-electron chi connectivity index (χ3n) is 2.62. The van der Waals surface area contributed by atoms with Crippen molar-refractivity contribution in [1.82, 2.24) is 0 Å². The summed E-state index contributed by atoms with van der Waals surface area (Å²) in [4.78, 5) is 11.9. The van der Waals surface area contributed by atoms with E-state index in [-0.39, 0.29) is 5.56 Å². The molecule has 19 heavy (non-hydrogen) atoms. The number of carbonyl (C=O) groups is 1. The van der Waals surface area contributed by atoms with Gasteiger partial charge in [-0.1, -0.05) is 11.6 Å². The van der Waals surface area contributed by atoms with Crippen molar-refractivity contribution in [2.45, 2.75) is 6.92 Å². The Morgan fingerprint density at radius 2 is 1.84 bits per heavy atom. The van der Waals surface area contributed by atoms with Gasteiger partial charge in [-0.25, -0.2) is 8.78 Å². The normalized spacial score (nSPS) is 10.3. The van der Waals surface area contributed by atoms with E-state index in [4.69, 9.17) is 11.6 Å². The van der Waals surface area contributed by atoms with Gasteiger partial charge in [0.2, 0.25) is 0 Å². The highest BCUT2D eigenvalue weighted by atomic mass is 35.5. The van der Waals surface area contributed by atoms with Crippen LogP contribution in [0.15, 0.2) is 36.4 Å². The van der Waals surface area contributed by atoms with E-state index in [9.17, 15) is 13.6 Å². The maximum Gasteiger partial charge on any atom is 0.255 e. The van der Waals surface area contributed by atoms with Gasteiger partial charge in [-0.3, -0.25) is 4.79 Å². The topological polar surface area (TPSA) is 29.1 Å². The molecule has 0 spiro atoms. The Bertz CT molecular complexity index is 643. The summed E-state index contributed by atoms with van der Waals surface area (Å²) in [6, 6.07) is 7.97. The highest BCUT2D eigenvalue weighted by Crippen LogP contribution is 2.20. The lowest BCUT2D eigenvalue weighted by molar-refractivity contribution is 0.102. The van der Waals surface area contributed by atoms with Crippen LogP contribution in [0.5, 0.6) is 0 Å². The van der Waals surface area contributed by atoms with Crippen LogP contribution >= 0.6 is 11.6 Å². The Morgan fingerprint density at radius 1 is 1.11 bits per heavy atom. The van der Waals surface area contributed by atoms with Crippen molar-refractivity contribution in [2.24, 2.45) is 0 Å². The van der Waals surface area contributed by atoms with E-state index in [2.05, 4.69) is 5.32 Å². The zero-order valence-corrected chi connectivity index (χ0v) is 10.8. The molecule has 98 valence electrons. The highest BCUT2D eigenvalue weighted by Gasteiger charge is 2.11. The van der Waals surface area contributed by atoms with Crippen LogP contribution in [0.1, 0.15) is 15.9 Å². The summed E-state index contributed by atoms with van der Waals surface area (Å²) >= 11 is 5.80. The van der Waals surface area contributed by atoms with Crippen molar-refractivity contribution in [3.63, 3.8) is 0 Å². The Labute approximate surface area is 114 Å². The molecule has 0 bridgehead atoms. The standard InChI is InChI=1S/C14H10ClF2NO/c1-8-6-10(15)3-5-13(8)18-14(19)9-2-4-11(16)12(17)7-9/h2-7H,1H3,(H,18,19). The van der Waals surface area contributed by atoms with Gasteiger partial charge in [0.15, 0.2) is 11.6 Å². The van der Waals surface area contributed by atoms with Gasteiger partial charge in [-0.15, -0.1) is 0 Å². The fourth-order valence-electron chi connectivity index (χ4n) is 1.60. The van der Waals surface area contributed by atoms with Gasteiger partial charge in [0, 0.05) is 16.3 Å². The molecule has 0 fully saturated rings. The molecule has 2 aromatic carbocycles. The van der Waals surface area contributed by atoms with Crippen LogP contribution in [0.4, 0.5) is 14.5 Å². The minimum Gasteiger partial charge on any atom is -0.322 e. The molecule has 0 atom stereocenters. The van der Waals surface area contributed by atoms with Gasteiger partial charge in [0.1, 0.15) is 0 Å². The fraction of sp³-hybridized carbons (Fsp3) is 0.0714. The van der Waals surface area contributed by atoms with Crippen LogP contribution in [-0.4, -0.2) is 5.91 Å². The Balaban J connectivity index is 2.23. The zero-order valence-electron chi connectivity index (χ0n) is 10.0. The monoisotopic (exact) mass is 281 g/mol. The first-order valence-electron chi connectivity index (χ1n) is 5.50. The number of benzene rings is 2. The lowest BCUT2D eigenvalue weighted by atomic mass is 10.1. The van der Waals surface area contributed by atoms with Crippen LogP contribution in [-0.2, 0) is 0 Å². The number of hydrogen-bond acceptors (Lipinski definition) is 1. The number of nitrogens with one attached hydrogen (secondary N) is 1. The molecule has 2 aromatic rings. The molecule has 0 saturated carbocycles. The molecule has 1 N–H and O–H groups in total. The molecule has 5 heteroatoms. The number of hydrogen-bond donors (Lipinski definition) is 1. The molecule has 0 aromatic heterocycles. The summed E-state index contributed by atoms with van der Waals surface area (Å²) in [5.74, 6) is -2.55. The van der Waals surface area contributed by atoms with Crippen molar-refractivity contribution < 1.29 is 13.6 Å². The van der Waals surface area contributed by atoms with Gasteiger partial charge in [-0.05, 0) is 48.9 Å². The molecule has 1 amide bonds. The number of anilines is 1. The predicted octanol–water partition coefficient (Wildman–Crippen LogP) is 4.18. The van der Waals surface area contributed by atoms with Crippen molar-refractivity contribution in [1.29, 1.82) is 0 Å². The maximum atomic E-state index is 13.0. The minimum absolute atomic E-state index is 0.0493. The lowest BCUT2D eigenvalue weighted by Gasteiger charge is -2.08. The number of amides is 1. The fourth-order valence-corrected chi connectivity index (χ4v) is 1.83. The third-order valence-corrected chi connectivity index (χ3v) is 2.85. The molecular weight excluding hydrogens is 272 g/mol. The molecule has 0 heterocycles. The van der Waals surface area contributed by atoms with Gasteiger partial charge in [0.25, 0.3) is 5.91 Å². The summed E-state index contributed by atoms with van der Waals surface area (Å²) in [5, 5.41) is 3.17. The molecular formula is C14H10ClF2NO. The number of halogens is 3. The molecule has 0 radical (unpaired) electrons. The second kappa shape index (κ2) is 5.36. The van der Waals surface area contributed by atoms with Gasteiger partial charge in [0.05, 0.1) is 0 Å². The quantitative estimate of drug-likeness (QED) is 0.879. The average molecular weight is 282 g/mol. The van der Waals surface area contributed by atoms with Crippen LogP contribution in [0.25, 0.3) is 0 Å². The first-order valence-corrected chi connectivity index (χ1v) is 5.88. The van der Waals surface area contributed by atoms with Crippen LogP contribution in [0, 0.1) is 18.6 Å². The SMILES string of the molecule is Cc1cc(Cl)ccc1NC(=O)c1ccc(F)c(F)c1. The zero-order chi connectivity index (χ0) is 14.0. The van der Waals surface area contributed by atoms with E-state index in [1.54, 1.807) is 25.1 Å². The molecule has 2 rings (SSSR count). The molecule has 0 unspecified atom stereocenters. The first kappa shape index (κ1) is 13.5. The van der Waals surface area contributed by atoms with E-state index in [0.29, 0.717) is 10.7 Å². The smallest absolute Gasteiger partial charge is 0.255 e. The van der Waals surface area contributed by atoms with E-state index in [0.717, 1.165) is 17.7 Å². The molecule has 0 aliphatic carbocycles. The minimum atomic E-state index is -1.06. The van der Waals surface area contributed by atoms with Crippen molar-refractivity contribution >= 4 is 23.2 Å². The van der Waals surface area contributed by atoms with Gasteiger partial charge < -0.3 is 5.32 Å². The Morgan fingerprint density at radius 3 is 2.47 bits per heavy atom.